The Kier molecular flexibility index (Phi) is 21.7. The summed E-state index contributed by atoms with van der Waals surface area (Å²) in [6.07, 6.45) is 19.3. The molecule has 0 N–H and O–H groups in total. The van der Waals surface area contributed by atoms with Gasteiger partial charge in [0.15, 0.2) is 0 Å². The number of methoxy groups -OCH3 is 2. The summed E-state index contributed by atoms with van der Waals surface area (Å²) >= 11 is 8.20. The Morgan fingerprint density at radius 1 is 0.341 bits per heavy atom. The third-order valence-corrected chi connectivity index (χ3v) is 16.7. The molecule has 2 heterocycles. The number of nitrogens with zero attached hydrogens (tertiary/aromatic N) is 2. The van der Waals surface area contributed by atoms with Crippen LogP contribution in [0.5, 0.6) is 0 Å². The first-order valence-corrected chi connectivity index (χ1v) is 30.6. The fourth-order valence-corrected chi connectivity index (χ4v) is 11.1. The van der Waals surface area contributed by atoms with E-state index in [4.69, 9.17) is 9.47 Å². The van der Waals surface area contributed by atoms with E-state index in [9.17, 15) is 9.59 Å². The quantitative estimate of drug-likeness (QED) is 0.0560. The lowest BCUT2D eigenvalue weighted by Crippen LogP contribution is -2.10. The van der Waals surface area contributed by atoms with Crippen LogP contribution in [0, 0.1) is 7.14 Å². The highest BCUT2D eigenvalue weighted by Crippen LogP contribution is 2.37. The smallest absolute Gasteiger partial charge is 0.305 e. The van der Waals surface area contributed by atoms with Crippen LogP contribution in [-0.2, 0) is 31.9 Å². The molecular weight excluding hydrogens is 1270 g/mol. The SMILES string of the molecule is COC(=O)CCc1ccc(N(c2ccccc2)c2ccc(/C=C/c3ccc(/C=C/c4ccc(N(c5ccccc5)c5ccc(CCC(=O)OC)cc5)cc4)s3)cc2)cc1.Ic1ccc(/C=C/c2ccc(/C=C/c3ccc(I)cc3)s2)cc1. The van der Waals surface area contributed by atoms with Gasteiger partial charge in [-0.05, 0) is 237 Å². The molecule has 0 unspecified atom stereocenters. The molecule has 0 aliphatic carbocycles. The highest BCUT2D eigenvalue weighted by molar-refractivity contribution is 14.1. The largest absolute Gasteiger partial charge is 0.469 e. The zero-order chi connectivity index (χ0) is 56.9. The van der Waals surface area contributed by atoms with Gasteiger partial charge in [-0.2, -0.15) is 0 Å². The van der Waals surface area contributed by atoms with E-state index in [1.54, 1.807) is 22.7 Å². The van der Waals surface area contributed by atoms with Crippen molar-refractivity contribution in [3.8, 4) is 0 Å². The van der Waals surface area contributed by atoms with E-state index in [-0.39, 0.29) is 11.9 Å². The standard InChI is InChI=1S/C52H46N2O4S.C20H14I2S/c1-57-51(55)37-23-41-17-29-47(30-18-41)53(43-9-5-3-6-10-43)45-25-13-39(14-26-45)21-33-49-35-36-50(59-49)34-22-40-15-27-46(28-16-40)54(44-11-7-4-8-12-44)48-31-19-42(20-32-48)24-38-52(56)58-2;21-17-7-1-15(2-8-17)5-11-19-13-14-20(23-19)12-6-16-3-9-18(22)10-4-16/h3-22,25-36H,23-24,37-38H2,1-2H3;1-14H/b33-21+,34-22+;11-5+,12-6+. The predicted molar refractivity (Wildman–Crippen MR) is 366 cm³/mol. The Morgan fingerprint density at radius 3 is 0.878 bits per heavy atom. The number of hydrogen-bond acceptors (Lipinski definition) is 8. The molecule has 0 atom stereocenters. The number of esters is 2. The Hall–Kier alpha value is -7.88. The highest BCUT2D eigenvalue weighted by atomic mass is 127. The Bertz CT molecular complexity index is 3500. The summed E-state index contributed by atoms with van der Waals surface area (Å²) in [5, 5.41) is 0. The van der Waals surface area contributed by atoms with E-state index in [1.165, 1.54) is 52.0 Å². The van der Waals surface area contributed by atoms with Crippen LogP contribution >= 0.6 is 67.9 Å². The van der Waals surface area contributed by atoms with E-state index in [0.29, 0.717) is 25.7 Å². The number of halogens is 2. The van der Waals surface area contributed by atoms with Crippen LogP contribution in [0.4, 0.5) is 34.1 Å². The lowest BCUT2D eigenvalue weighted by molar-refractivity contribution is -0.141. The van der Waals surface area contributed by atoms with Gasteiger partial charge < -0.3 is 19.3 Å². The van der Waals surface area contributed by atoms with Crippen molar-refractivity contribution in [2.45, 2.75) is 25.7 Å². The zero-order valence-corrected chi connectivity index (χ0v) is 51.4. The van der Waals surface area contributed by atoms with Gasteiger partial charge in [-0.3, -0.25) is 9.59 Å². The number of ether oxygens (including phenoxy) is 2. The summed E-state index contributed by atoms with van der Waals surface area (Å²) in [7, 11) is 2.84. The maximum Gasteiger partial charge on any atom is 0.305 e. The molecule has 0 aliphatic heterocycles. The molecule has 0 spiro atoms. The van der Waals surface area contributed by atoms with E-state index in [1.807, 2.05) is 36.4 Å². The molecule has 10 aromatic rings. The van der Waals surface area contributed by atoms with E-state index >= 15 is 0 Å². The van der Waals surface area contributed by atoms with Crippen molar-refractivity contribution < 1.29 is 19.1 Å². The number of para-hydroxylation sites is 2. The molecule has 0 fully saturated rings. The fraction of sp³-hybridized carbons (Fsp3) is 0.0833. The van der Waals surface area contributed by atoms with Crippen LogP contribution in [0.2, 0.25) is 0 Å². The number of hydrogen-bond donors (Lipinski definition) is 0. The van der Waals surface area contributed by atoms with Crippen molar-refractivity contribution in [1.82, 2.24) is 0 Å². The lowest BCUT2D eigenvalue weighted by atomic mass is 10.1. The van der Waals surface area contributed by atoms with Crippen molar-refractivity contribution >= 4 is 163 Å². The maximum atomic E-state index is 11.6. The topological polar surface area (TPSA) is 59.1 Å². The van der Waals surface area contributed by atoms with E-state index in [2.05, 4.69) is 298 Å². The third kappa shape index (κ3) is 17.6. The number of anilines is 6. The van der Waals surface area contributed by atoms with Crippen molar-refractivity contribution in [2.75, 3.05) is 24.0 Å². The third-order valence-electron chi connectivity index (χ3n) is 13.2. The molecule has 82 heavy (non-hydrogen) atoms. The molecule has 0 saturated heterocycles. The van der Waals surface area contributed by atoms with Crippen molar-refractivity contribution in [3.05, 3.63) is 291 Å². The monoisotopic (exact) mass is 1330 g/mol. The average molecular weight is 1340 g/mol. The van der Waals surface area contributed by atoms with Crippen molar-refractivity contribution in [1.29, 1.82) is 0 Å². The number of benzene rings is 8. The summed E-state index contributed by atoms with van der Waals surface area (Å²) in [5.41, 5.74) is 13.2. The van der Waals surface area contributed by atoms with Crippen LogP contribution in [0.3, 0.4) is 0 Å². The van der Waals surface area contributed by atoms with Gasteiger partial charge in [0.25, 0.3) is 0 Å². The summed E-state index contributed by atoms with van der Waals surface area (Å²) in [6.45, 7) is 0. The Balaban J connectivity index is 0.000000292. The van der Waals surface area contributed by atoms with Gasteiger partial charge in [-0.1, -0.05) is 133 Å². The molecule has 10 rings (SSSR count). The molecule has 6 nitrogen and oxygen atoms in total. The van der Waals surface area contributed by atoms with Gasteiger partial charge in [0.1, 0.15) is 0 Å². The molecular formula is C72H60I2N2O4S2. The minimum atomic E-state index is -0.202. The summed E-state index contributed by atoms with van der Waals surface area (Å²) < 4.78 is 12.1. The van der Waals surface area contributed by atoms with Crippen LogP contribution in [0.1, 0.15) is 65.7 Å². The lowest BCUT2D eigenvalue weighted by Gasteiger charge is -2.25. The summed E-state index contributed by atoms with van der Waals surface area (Å²) in [4.78, 5) is 32.6. The Morgan fingerprint density at radius 2 is 0.598 bits per heavy atom. The van der Waals surface area contributed by atoms with Crippen LogP contribution in [-0.4, -0.2) is 26.2 Å². The van der Waals surface area contributed by atoms with Crippen molar-refractivity contribution in [3.63, 3.8) is 0 Å². The minimum Gasteiger partial charge on any atom is -0.469 e. The first-order chi connectivity index (χ1) is 40.1. The number of thiophene rings is 2. The number of carbonyl (C=O) groups is 2. The van der Waals surface area contributed by atoms with Crippen molar-refractivity contribution in [2.24, 2.45) is 0 Å². The Labute approximate surface area is 517 Å². The molecule has 2 aromatic heterocycles. The molecule has 408 valence electrons. The normalized spacial score (nSPS) is 11.3. The first kappa shape index (κ1) is 58.8. The van der Waals surface area contributed by atoms with Crippen LogP contribution < -0.4 is 9.80 Å². The highest BCUT2D eigenvalue weighted by Gasteiger charge is 2.15. The molecule has 0 amide bonds. The first-order valence-electron chi connectivity index (χ1n) is 26.8. The zero-order valence-electron chi connectivity index (χ0n) is 45.5. The summed E-state index contributed by atoms with van der Waals surface area (Å²) in [5.74, 6) is -0.405. The van der Waals surface area contributed by atoms with Gasteiger partial charge >= 0.3 is 11.9 Å². The van der Waals surface area contributed by atoms with Gasteiger partial charge in [-0.15, -0.1) is 22.7 Å². The second-order valence-electron chi connectivity index (χ2n) is 18.9. The van der Waals surface area contributed by atoms with Crippen LogP contribution in [0.25, 0.3) is 48.6 Å². The van der Waals surface area contributed by atoms with E-state index in [0.717, 1.165) is 56.4 Å². The van der Waals surface area contributed by atoms with Crippen LogP contribution in [0.15, 0.2) is 231 Å². The number of rotatable bonds is 20. The molecule has 8 aromatic carbocycles. The second kappa shape index (κ2) is 30.3. The van der Waals surface area contributed by atoms with Gasteiger partial charge in [0, 0.05) is 73.6 Å². The molecule has 0 saturated carbocycles. The van der Waals surface area contributed by atoms with Gasteiger partial charge in [-0.25, -0.2) is 0 Å². The molecule has 0 radical (unpaired) electrons. The maximum absolute atomic E-state index is 11.6. The second-order valence-corrected chi connectivity index (χ2v) is 23.7. The van der Waals surface area contributed by atoms with E-state index < -0.39 is 0 Å². The van der Waals surface area contributed by atoms with Gasteiger partial charge in [0.05, 0.1) is 14.2 Å². The minimum absolute atomic E-state index is 0.202. The van der Waals surface area contributed by atoms with Gasteiger partial charge in [0.2, 0.25) is 0 Å². The number of carbonyl (C=O) groups excluding carboxylic acids is 2. The molecule has 10 heteroatoms. The molecule has 0 bridgehead atoms. The summed E-state index contributed by atoms with van der Waals surface area (Å²) in [6, 6.07) is 80.3. The molecule has 0 aliphatic rings. The number of aryl methyl sites for hydroxylation is 2. The fourth-order valence-electron chi connectivity index (χ4n) is 8.79. The average Bonchev–Trinajstić information content (AvgIpc) is 4.35. The predicted octanol–water partition coefficient (Wildman–Crippen LogP) is 20.5.